The van der Waals surface area contributed by atoms with Crippen LogP contribution in [0.15, 0.2) is 58.3 Å². The topological polar surface area (TPSA) is 121 Å². The molecule has 1 aliphatic rings. The Labute approximate surface area is 164 Å². The summed E-state index contributed by atoms with van der Waals surface area (Å²) in [5.74, 6) is -0.350. The molecule has 0 heterocycles. The van der Waals surface area contributed by atoms with E-state index in [2.05, 4.69) is 15.4 Å². The second-order valence-electron chi connectivity index (χ2n) is 6.62. The van der Waals surface area contributed by atoms with Crippen LogP contribution >= 0.6 is 0 Å². The van der Waals surface area contributed by atoms with Gasteiger partial charge in [-0.25, -0.2) is 21.6 Å². The SMILES string of the molecule is CS(=O)(=O)c1ccc(NC(=O)CNc2cccc(S(=O)(=O)NC3CC3)c2)cc1. The summed E-state index contributed by atoms with van der Waals surface area (Å²) < 4.78 is 50.0. The standard InChI is InChI=1S/C18H21N3O5S2/c1-27(23,24)16-9-7-13(8-10-16)20-18(22)12-19-15-3-2-4-17(11-15)28(25,26)21-14-5-6-14/h2-4,7-11,14,19,21H,5-6,12H2,1H3,(H,20,22). The molecule has 0 unspecified atom stereocenters. The van der Waals surface area contributed by atoms with Gasteiger partial charge < -0.3 is 10.6 Å². The first kappa shape index (κ1) is 20.3. The average Bonchev–Trinajstić information content (AvgIpc) is 3.43. The van der Waals surface area contributed by atoms with Crippen LogP contribution in [0.1, 0.15) is 12.8 Å². The summed E-state index contributed by atoms with van der Waals surface area (Å²) >= 11 is 0. The molecule has 150 valence electrons. The maximum atomic E-state index is 12.3. The first-order valence-corrected chi connectivity index (χ1v) is 12.0. The van der Waals surface area contributed by atoms with Crippen molar-refractivity contribution in [1.29, 1.82) is 0 Å². The van der Waals surface area contributed by atoms with Crippen molar-refractivity contribution >= 4 is 37.1 Å². The Hall–Kier alpha value is -2.43. The van der Waals surface area contributed by atoms with Crippen LogP contribution in [0.25, 0.3) is 0 Å². The van der Waals surface area contributed by atoms with Gasteiger partial charge in [0.2, 0.25) is 15.9 Å². The van der Waals surface area contributed by atoms with E-state index in [4.69, 9.17) is 0 Å². The molecule has 2 aromatic carbocycles. The lowest BCUT2D eigenvalue weighted by atomic mass is 10.3. The summed E-state index contributed by atoms with van der Waals surface area (Å²) in [5.41, 5.74) is 0.963. The van der Waals surface area contributed by atoms with Gasteiger partial charge in [-0.15, -0.1) is 0 Å². The number of carbonyl (C=O) groups is 1. The first-order valence-electron chi connectivity index (χ1n) is 8.60. The van der Waals surface area contributed by atoms with Gasteiger partial charge >= 0.3 is 0 Å². The zero-order chi connectivity index (χ0) is 20.4. The molecule has 3 rings (SSSR count). The Balaban J connectivity index is 1.58. The average molecular weight is 424 g/mol. The second-order valence-corrected chi connectivity index (χ2v) is 10.4. The zero-order valence-corrected chi connectivity index (χ0v) is 16.8. The Bertz CT molecular complexity index is 1080. The molecule has 1 fully saturated rings. The molecular weight excluding hydrogens is 402 g/mol. The lowest BCUT2D eigenvalue weighted by Gasteiger charge is -2.10. The maximum Gasteiger partial charge on any atom is 0.243 e. The molecule has 1 saturated carbocycles. The summed E-state index contributed by atoms with van der Waals surface area (Å²) in [6, 6.07) is 12.1. The highest BCUT2D eigenvalue weighted by Crippen LogP contribution is 2.23. The van der Waals surface area contributed by atoms with Crippen LogP contribution in [0.3, 0.4) is 0 Å². The fourth-order valence-electron chi connectivity index (χ4n) is 2.43. The second kappa shape index (κ2) is 7.90. The van der Waals surface area contributed by atoms with E-state index in [0.29, 0.717) is 11.4 Å². The van der Waals surface area contributed by atoms with Crippen molar-refractivity contribution in [3.05, 3.63) is 48.5 Å². The van der Waals surface area contributed by atoms with Crippen LogP contribution in [0.5, 0.6) is 0 Å². The highest BCUT2D eigenvalue weighted by Gasteiger charge is 2.28. The van der Waals surface area contributed by atoms with Gasteiger partial charge in [-0.2, -0.15) is 0 Å². The predicted molar refractivity (Wildman–Crippen MR) is 106 cm³/mol. The molecule has 0 radical (unpaired) electrons. The number of amides is 1. The van der Waals surface area contributed by atoms with E-state index in [9.17, 15) is 21.6 Å². The summed E-state index contributed by atoms with van der Waals surface area (Å²) in [6.07, 6.45) is 2.81. The Morgan fingerprint density at radius 3 is 2.25 bits per heavy atom. The summed E-state index contributed by atoms with van der Waals surface area (Å²) in [7, 11) is -6.86. The normalized spacial score (nSPS) is 14.5. The number of sulfone groups is 1. The van der Waals surface area contributed by atoms with Crippen LogP contribution in [-0.2, 0) is 24.7 Å². The van der Waals surface area contributed by atoms with Crippen molar-refractivity contribution in [3.8, 4) is 0 Å². The molecule has 0 saturated heterocycles. The van der Waals surface area contributed by atoms with E-state index < -0.39 is 19.9 Å². The monoisotopic (exact) mass is 423 g/mol. The number of carbonyl (C=O) groups excluding carboxylic acids is 1. The quantitative estimate of drug-likeness (QED) is 0.593. The van der Waals surface area contributed by atoms with E-state index in [1.807, 2.05) is 0 Å². The molecule has 1 amide bonds. The van der Waals surface area contributed by atoms with Crippen molar-refractivity contribution in [3.63, 3.8) is 0 Å². The molecule has 0 atom stereocenters. The molecule has 0 spiro atoms. The van der Waals surface area contributed by atoms with Crippen LogP contribution < -0.4 is 15.4 Å². The number of sulfonamides is 1. The first-order chi connectivity index (χ1) is 13.1. The van der Waals surface area contributed by atoms with Gasteiger partial charge in [0, 0.05) is 23.7 Å². The van der Waals surface area contributed by atoms with E-state index in [1.165, 1.54) is 36.4 Å². The van der Waals surface area contributed by atoms with Crippen molar-refractivity contribution in [2.75, 3.05) is 23.4 Å². The van der Waals surface area contributed by atoms with Crippen LogP contribution in [0, 0.1) is 0 Å². The van der Waals surface area contributed by atoms with Gasteiger partial charge in [-0.05, 0) is 55.3 Å². The van der Waals surface area contributed by atoms with Crippen LogP contribution in [0.2, 0.25) is 0 Å². The maximum absolute atomic E-state index is 12.3. The van der Waals surface area contributed by atoms with E-state index in [1.54, 1.807) is 12.1 Å². The van der Waals surface area contributed by atoms with Gasteiger partial charge in [-0.1, -0.05) is 6.07 Å². The third-order valence-corrected chi connectivity index (χ3v) is 6.71. The Kier molecular flexibility index (Phi) is 5.73. The summed E-state index contributed by atoms with van der Waals surface area (Å²) in [4.78, 5) is 12.4. The molecule has 8 nitrogen and oxygen atoms in total. The highest BCUT2D eigenvalue weighted by atomic mass is 32.2. The molecule has 0 bridgehead atoms. The van der Waals surface area contributed by atoms with Gasteiger partial charge in [0.05, 0.1) is 16.3 Å². The molecule has 10 heteroatoms. The minimum atomic E-state index is -3.56. The summed E-state index contributed by atoms with van der Waals surface area (Å²) in [5, 5.41) is 5.52. The van der Waals surface area contributed by atoms with E-state index >= 15 is 0 Å². The lowest BCUT2D eigenvalue weighted by molar-refractivity contribution is -0.114. The van der Waals surface area contributed by atoms with Crippen molar-refractivity contribution in [2.24, 2.45) is 0 Å². The molecular formula is C18H21N3O5S2. The molecule has 3 N–H and O–H groups in total. The van der Waals surface area contributed by atoms with Gasteiger partial charge in [0.1, 0.15) is 0 Å². The number of hydrogen-bond donors (Lipinski definition) is 3. The number of nitrogens with one attached hydrogen (secondary N) is 3. The number of rotatable bonds is 8. The van der Waals surface area contributed by atoms with E-state index in [-0.39, 0.29) is 28.3 Å². The van der Waals surface area contributed by atoms with Gasteiger partial charge in [-0.3, -0.25) is 4.79 Å². The molecule has 0 aromatic heterocycles. The number of anilines is 2. The van der Waals surface area contributed by atoms with Crippen LogP contribution in [-0.4, -0.2) is 41.6 Å². The zero-order valence-electron chi connectivity index (χ0n) is 15.2. The molecule has 1 aliphatic carbocycles. The van der Waals surface area contributed by atoms with Gasteiger partial charge in [0.15, 0.2) is 9.84 Å². The predicted octanol–water partition coefficient (Wildman–Crippen LogP) is 1.58. The summed E-state index contributed by atoms with van der Waals surface area (Å²) in [6.45, 7) is -0.0760. The fourth-order valence-corrected chi connectivity index (χ4v) is 4.42. The van der Waals surface area contributed by atoms with Crippen molar-refractivity contribution < 1.29 is 21.6 Å². The molecule has 2 aromatic rings. The smallest absolute Gasteiger partial charge is 0.243 e. The van der Waals surface area contributed by atoms with Crippen molar-refractivity contribution in [1.82, 2.24) is 4.72 Å². The Morgan fingerprint density at radius 2 is 1.64 bits per heavy atom. The lowest BCUT2D eigenvalue weighted by Crippen LogP contribution is -2.26. The fraction of sp³-hybridized carbons (Fsp3) is 0.278. The van der Waals surface area contributed by atoms with Crippen LogP contribution in [0.4, 0.5) is 11.4 Å². The minimum Gasteiger partial charge on any atom is -0.376 e. The molecule has 0 aliphatic heterocycles. The van der Waals surface area contributed by atoms with Crippen molar-refractivity contribution in [2.45, 2.75) is 28.7 Å². The third-order valence-electron chi connectivity index (χ3n) is 4.06. The van der Waals surface area contributed by atoms with E-state index in [0.717, 1.165) is 19.1 Å². The number of hydrogen-bond acceptors (Lipinski definition) is 6. The molecule has 28 heavy (non-hydrogen) atoms. The number of benzene rings is 2. The third kappa shape index (κ3) is 5.54. The largest absolute Gasteiger partial charge is 0.376 e. The minimum absolute atomic E-state index is 0.0153. The highest BCUT2D eigenvalue weighted by molar-refractivity contribution is 7.90. The Morgan fingerprint density at radius 1 is 0.964 bits per heavy atom. The van der Waals surface area contributed by atoms with Gasteiger partial charge in [0.25, 0.3) is 0 Å².